The molecule has 5 nitrogen and oxygen atoms in total. The lowest BCUT2D eigenvalue weighted by molar-refractivity contribution is -0.107. The number of methoxy groups -OCH3 is 1. The molecule has 0 aliphatic rings. The lowest BCUT2D eigenvalue weighted by Crippen LogP contribution is -2.36. The normalized spacial score (nSPS) is 11.5. The second-order valence-electron chi connectivity index (χ2n) is 6.32. The van der Waals surface area contributed by atoms with Gasteiger partial charge in [0.05, 0.1) is 7.11 Å². The summed E-state index contributed by atoms with van der Waals surface area (Å²) in [5.41, 5.74) is 1.50. The number of ether oxygens (including phenoxy) is 1. The van der Waals surface area contributed by atoms with Gasteiger partial charge in [0.25, 0.3) is 0 Å². The Hall–Kier alpha value is -2.82. The molecule has 0 spiro atoms. The highest BCUT2D eigenvalue weighted by atomic mass is 16.5. The second-order valence-corrected chi connectivity index (χ2v) is 6.32. The zero-order chi connectivity index (χ0) is 17.2. The smallest absolute Gasteiger partial charge is 0.215 e. The Morgan fingerprint density at radius 2 is 1.92 bits per heavy atom. The molecule has 124 valence electrons. The predicted octanol–water partition coefficient (Wildman–Crippen LogP) is 3.78. The number of fused-ring (bicyclic) bond motifs is 1. The molecule has 3 rings (SSSR count). The van der Waals surface area contributed by atoms with E-state index in [1.807, 2.05) is 30.3 Å². The quantitative estimate of drug-likeness (QED) is 0.648. The van der Waals surface area contributed by atoms with Crippen molar-refractivity contribution in [3.05, 3.63) is 54.1 Å². The summed E-state index contributed by atoms with van der Waals surface area (Å²) in [6.07, 6.45) is 0.786. The van der Waals surface area contributed by atoms with Crippen molar-refractivity contribution in [1.82, 2.24) is 5.16 Å². The van der Waals surface area contributed by atoms with Crippen LogP contribution in [-0.2, 0) is 10.2 Å². The predicted molar refractivity (Wildman–Crippen MR) is 93.4 cm³/mol. The van der Waals surface area contributed by atoms with Crippen LogP contribution >= 0.6 is 0 Å². The highest BCUT2D eigenvalue weighted by molar-refractivity contribution is 5.98. The molecule has 0 bridgehead atoms. The zero-order valence-corrected chi connectivity index (χ0v) is 14.0. The van der Waals surface area contributed by atoms with Crippen LogP contribution in [0.15, 0.2) is 53.1 Å². The molecule has 0 unspecified atom stereocenters. The average molecular weight is 324 g/mol. The highest BCUT2D eigenvalue weighted by Crippen LogP contribution is 2.35. The molecule has 24 heavy (non-hydrogen) atoms. The van der Waals surface area contributed by atoms with E-state index < -0.39 is 0 Å². The highest BCUT2D eigenvalue weighted by Gasteiger charge is 2.27. The third-order valence-corrected chi connectivity index (χ3v) is 4.18. The number of amides is 1. The van der Waals surface area contributed by atoms with Gasteiger partial charge in [-0.1, -0.05) is 55.4 Å². The molecule has 0 N–H and O–H groups in total. The second kappa shape index (κ2) is 6.35. The maximum atomic E-state index is 11.8. The van der Waals surface area contributed by atoms with Crippen molar-refractivity contribution in [2.24, 2.45) is 0 Å². The topological polar surface area (TPSA) is 55.6 Å². The van der Waals surface area contributed by atoms with Crippen molar-refractivity contribution < 1.29 is 14.1 Å². The Bertz CT molecular complexity index is 840. The first-order valence-corrected chi connectivity index (χ1v) is 7.76. The first kappa shape index (κ1) is 16.1. The fourth-order valence-electron chi connectivity index (χ4n) is 2.88. The van der Waals surface area contributed by atoms with E-state index in [1.165, 1.54) is 0 Å². The Labute approximate surface area is 140 Å². The molecule has 1 aromatic heterocycles. The maximum absolute atomic E-state index is 11.8. The lowest BCUT2D eigenvalue weighted by atomic mass is 9.84. The van der Waals surface area contributed by atoms with Gasteiger partial charge in [0, 0.05) is 12.0 Å². The van der Waals surface area contributed by atoms with E-state index in [1.54, 1.807) is 18.1 Å². The fourth-order valence-corrected chi connectivity index (χ4v) is 2.88. The number of anilines is 1. The van der Waals surface area contributed by atoms with Crippen LogP contribution in [0.2, 0.25) is 0 Å². The molecular weight excluding hydrogens is 304 g/mol. The molecule has 5 heteroatoms. The Morgan fingerprint density at radius 3 is 2.58 bits per heavy atom. The number of aromatic nitrogens is 1. The molecule has 0 saturated carbocycles. The minimum Gasteiger partial charge on any atom is -0.496 e. The number of hydrogen-bond acceptors (Lipinski definition) is 4. The van der Waals surface area contributed by atoms with Crippen LogP contribution in [0.3, 0.4) is 0 Å². The van der Waals surface area contributed by atoms with Gasteiger partial charge in [0.15, 0.2) is 11.4 Å². The number of carbonyl (C=O) groups is 1. The van der Waals surface area contributed by atoms with Crippen LogP contribution in [-0.4, -0.2) is 25.2 Å². The molecule has 0 fully saturated rings. The van der Waals surface area contributed by atoms with Crippen molar-refractivity contribution in [3.63, 3.8) is 0 Å². The monoisotopic (exact) mass is 324 g/mol. The summed E-state index contributed by atoms with van der Waals surface area (Å²) in [6, 6.07) is 15.6. The summed E-state index contributed by atoms with van der Waals surface area (Å²) < 4.78 is 10.8. The van der Waals surface area contributed by atoms with E-state index >= 15 is 0 Å². The van der Waals surface area contributed by atoms with E-state index in [0.717, 1.165) is 12.0 Å². The van der Waals surface area contributed by atoms with Gasteiger partial charge >= 0.3 is 0 Å². The van der Waals surface area contributed by atoms with E-state index in [4.69, 9.17) is 9.26 Å². The van der Waals surface area contributed by atoms with Crippen LogP contribution in [0, 0.1) is 0 Å². The van der Waals surface area contributed by atoms with Crippen LogP contribution in [0.4, 0.5) is 5.82 Å². The SMILES string of the molecule is COc1cccc2onc(N(C=O)CC(C)(C)c3ccccc3)c12. The summed E-state index contributed by atoms with van der Waals surface area (Å²) in [7, 11) is 1.59. The number of rotatable bonds is 6. The largest absolute Gasteiger partial charge is 0.496 e. The summed E-state index contributed by atoms with van der Waals surface area (Å²) in [5.74, 6) is 1.11. The van der Waals surface area contributed by atoms with Crippen molar-refractivity contribution in [2.45, 2.75) is 19.3 Å². The number of benzene rings is 2. The van der Waals surface area contributed by atoms with E-state index in [2.05, 4.69) is 31.1 Å². The molecule has 0 radical (unpaired) electrons. The van der Waals surface area contributed by atoms with Gasteiger partial charge in [-0.25, -0.2) is 0 Å². The molecule has 0 saturated heterocycles. The fraction of sp³-hybridized carbons (Fsp3) is 0.263. The lowest BCUT2D eigenvalue weighted by Gasteiger charge is -2.29. The van der Waals surface area contributed by atoms with E-state index in [-0.39, 0.29) is 5.41 Å². The number of nitrogens with zero attached hydrogens (tertiary/aromatic N) is 2. The Morgan fingerprint density at radius 1 is 1.17 bits per heavy atom. The van der Waals surface area contributed by atoms with Crippen LogP contribution in [0.5, 0.6) is 5.75 Å². The van der Waals surface area contributed by atoms with Crippen LogP contribution < -0.4 is 9.64 Å². The van der Waals surface area contributed by atoms with Gasteiger partial charge in [-0.15, -0.1) is 0 Å². The van der Waals surface area contributed by atoms with Crippen LogP contribution in [0.1, 0.15) is 19.4 Å². The van der Waals surface area contributed by atoms with Gasteiger partial charge in [-0.2, -0.15) is 0 Å². The Kier molecular flexibility index (Phi) is 4.25. The summed E-state index contributed by atoms with van der Waals surface area (Å²) >= 11 is 0. The first-order chi connectivity index (χ1) is 11.6. The Balaban J connectivity index is 2.00. The molecule has 1 heterocycles. The minimum absolute atomic E-state index is 0.241. The molecule has 2 aromatic carbocycles. The standard InChI is InChI=1S/C19H20N2O3/c1-19(2,14-8-5-4-6-9-14)12-21(13-22)18-17-15(23-3)10-7-11-16(17)24-20-18/h4-11,13H,12H2,1-3H3. The molecule has 0 atom stereocenters. The van der Waals surface area contributed by atoms with Crippen molar-refractivity contribution in [2.75, 3.05) is 18.6 Å². The van der Waals surface area contributed by atoms with Gasteiger partial charge in [0.2, 0.25) is 6.41 Å². The first-order valence-electron chi connectivity index (χ1n) is 7.76. The summed E-state index contributed by atoms with van der Waals surface area (Å²) in [5, 5.41) is 4.80. The molecule has 3 aromatic rings. The van der Waals surface area contributed by atoms with Crippen LogP contribution in [0.25, 0.3) is 11.0 Å². The molecule has 0 aliphatic heterocycles. The van der Waals surface area contributed by atoms with Gasteiger partial charge in [-0.3, -0.25) is 9.69 Å². The third kappa shape index (κ3) is 2.85. The number of hydrogen-bond donors (Lipinski definition) is 0. The molecule has 1 amide bonds. The van der Waals surface area contributed by atoms with Gasteiger partial charge in [0.1, 0.15) is 11.1 Å². The molecule has 0 aliphatic carbocycles. The minimum atomic E-state index is -0.241. The summed E-state index contributed by atoms with van der Waals surface area (Å²) in [6.45, 7) is 4.66. The number of carbonyl (C=O) groups excluding carboxylic acids is 1. The van der Waals surface area contributed by atoms with Crippen molar-refractivity contribution >= 4 is 23.2 Å². The van der Waals surface area contributed by atoms with Gasteiger partial charge < -0.3 is 9.26 Å². The average Bonchev–Trinajstić information content (AvgIpc) is 3.04. The summed E-state index contributed by atoms with van der Waals surface area (Å²) in [4.78, 5) is 13.3. The molecular formula is C19H20N2O3. The van der Waals surface area contributed by atoms with Gasteiger partial charge in [-0.05, 0) is 17.7 Å². The van der Waals surface area contributed by atoms with Crippen molar-refractivity contribution in [1.29, 1.82) is 0 Å². The zero-order valence-electron chi connectivity index (χ0n) is 14.0. The van der Waals surface area contributed by atoms with Crippen molar-refractivity contribution in [3.8, 4) is 5.75 Å². The maximum Gasteiger partial charge on any atom is 0.215 e. The third-order valence-electron chi connectivity index (χ3n) is 4.18. The van der Waals surface area contributed by atoms with E-state index in [0.29, 0.717) is 29.1 Å². The van der Waals surface area contributed by atoms with E-state index in [9.17, 15) is 4.79 Å².